The third-order valence-corrected chi connectivity index (χ3v) is 6.03. The molecular weight excluding hydrogens is 370 g/mol. The van der Waals surface area contributed by atoms with E-state index in [0.29, 0.717) is 24.8 Å². The molecule has 29 heavy (non-hydrogen) atoms. The van der Waals surface area contributed by atoms with Crippen LogP contribution >= 0.6 is 0 Å². The van der Waals surface area contributed by atoms with E-state index in [1.807, 2.05) is 0 Å². The van der Waals surface area contributed by atoms with Crippen LogP contribution in [0.5, 0.6) is 0 Å². The Hall–Kier alpha value is -2.74. The normalized spacial score (nSPS) is 18.7. The maximum atomic E-state index is 13.0. The van der Waals surface area contributed by atoms with Gasteiger partial charge in [-0.3, -0.25) is 24.0 Å². The summed E-state index contributed by atoms with van der Waals surface area (Å²) >= 11 is 0. The van der Waals surface area contributed by atoms with Gasteiger partial charge in [0.15, 0.2) is 0 Å². The molecule has 8 heteroatoms. The molecule has 2 fully saturated rings. The van der Waals surface area contributed by atoms with Gasteiger partial charge in [-0.15, -0.1) is 0 Å². The molecule has 0 aromatic carbocycles. The van der Waals surface area contributed by atoms with Crippen molar-refractivity contribution in [3.05, 3.63) is 62.7 Å². The molecule has 1 saturated heterocycles. The average Bonchev–Trinajstić information content (AvgIpc) is 2.78. The Labute approximate surface area is 169 Å². The number of piperazine rings is 1. The van der Waals surface area contributed by atoms with E-state index < -0.39 is 11.2 Å². The van der Waals surface area contributed by atoms with Gasteiger partial charge in [0.1, 0.15) is 5.56 Å². The summed E-state index contributed by atoms with van der Waals surface area (Å²) in [6.45, 7) is 2.91. The molecule has 0 atom stereocenters. The highest BCUT2D eigenvalue weighted by molar-refractivity contribution is 5.93. The van der Waals surface area contributed by atoms with E-state index in [0.717, 1.165) is 17.7 Å². The van der Waals surface area contributed by atoms with Crippen LogP contribution in [0.4, 0.5) is 0 Å². The SMILES string of the molecule is O=C(c1c[nH]c(=O)n(Cc2ccccn2)c1=O)N1CCN(C2CCCCC2)CC1. The van der Waals surface area contributed by atoms with E-state index in [4.69, 9.17) is 0 Å². The summed E-state index contributed by atoms with van der Waals surface area (Å²) in [5, 5.41) is 0. The Bertz CT molecular complexity index is 954. The van der Waals surface area contributed by atoms with Gasteiger partial charge in [0.05, 0.1) is 12.2 Å². The molecule has 0 bridgehead atoms. The lowest BCUT2D eigenvalue weighted by Crippen LogP contribution is -2.53. The Morgan fingerprint density at radius 1 is 1.07 bits per heavy atom. The Morgan fingerprint density at radius 2 is 1.83 bits per heavy atom. The van der Waals surface area contributed by atoms with Gasteiger partial charge in [0.2, 0.25) is 0 Å². The van der Waals surface area contributed by atoms with Crippen LogP contribution in [0.15, 0.2) is 40.2 Å². The first-order chi connectivity index (χ1) is 14.1. The molecule has 0 radical (unpaired) electrons. The number of hydrogen-bond donors (Lipinski definition) is 1. The first-order valence-corrected chi connectivity index (χ1v) is 10.4. The largest absolute Gasteiger partial charge is 0.336 e. The molecule has 0 spiro atoms. The Morgan fingerprint density at radius 3 is 2.52 bits per heavy atom. The minimum absolute atomic E-state index is 0.00616. The van der Waals surface area contributed by atoms with Crippen molar-refractivity contribution in [3.63, 3.8) is 0 Å². The van der Waals surface area contributed by atoms with Gasteiger partial charge in [0.25, 0.3) is 11.5 Å². The number of nitrogens with zero attached hydrogens (tertiary/aromatic N) is 4. The zero-order valence-electron chi connectivity index (χ0n) is 16.5. The van der Waals surface area contributed by atoms with Gasteiger partial charge in [-0.25, -0.2) is 4.79 Å². The fourth-order valence-electron chi connectivity index (χ4n) is 4.37. The number of amides is 1. The van der Waals surface area contributed by atoms with E-state index in [-0.39, 0.29) is 18.0 Å². The standard InChI is InChI=1S/C21H27N5O3/c27-19(25-12-10-24(11-13-25)17-7-2-1-3-8-17)18-14-23-21(29)26(20(18)28)15-16-6-4-5-9-22-16/h4-6,9,14,17H,1-3,7-8,10-13,15H2,(H,23,29). The van der Waals surface area contributed by atoms with Gasteiger partial charge in [-0.05, 0) is 25.0 Å². The number of H-pyrrole nitrogens is 1. The van der Waals surface area contributed by atoms with Crippen LogP contribution in [0.1, 0.15) is 48.2 Å². The fraction of sp³-hybridized carbons (Fsp3) is 0.524. The molecule has 1 aliphatic carbocycles. The van der Waals surface area contributed by atoms with Crippen molar-refractivity contribution in [3.8, 4) is 0 Å². The van der Waals surface area contributed by atoms with Crippen molar-refractivity contribution in [1.82, 2.24) is 24.3 Å². The zero-order valence-corrected chi connectivity index (χ0v) is 16.5. The van der Waals surface area contributed by atoms with E-state index >= 15 is 0 Å². The van der Waals surface area contributed by atoms with Crippen molar-refractivity contribution in [1.29, 1.82) is 0 Å². The average molecular weight is 397 g/mol. The van der Waals surface area contributed by atoms with Gasteiger partial charge in [-0.1, -0.05) is 25.3 Å². The van der Waals surface area contributed by atoms with E-state index in [1.165, 1.54) is 38.3 Å². The highest BCUT2D eigenvalue weighted by Crippen LogP contribution is 2.23. The van der Waals surface area contributed by atoms with Crippen LogP contribution < -0.4 is 11.2 Å². The molecule has 1 aliphatic heterocycles. The minimum Gasteiger partial charge on any atom is -0.336 e. The smallest absolute Gasteiger partial charge is 0.328 e. The van der Waals surface area contributed by atoms with Crippen LogP contribution in [0, 0.1) is 0 Å². The lowest BCUT2D eigenvalue weighted by atomic mass is 9.94. The highest BCUT2D eigenvalue weighted by Gasteiger charge is 2.28. The molecular formula is C21H27N5O3. The van der Waals surface area contributed by atoms with Gasteiger partial charge in [0, 0.05) is 44.6 Å². The lowest BCUT2D eigenvalue weighted by Gasteiger charge is -2.40. The third-order valence-electron chi connectivity index (χ3n) is 6.03. The summed E-state index contributed by atoms with van der Waals surface area (Å²) < 4.78 is 1.04. The van der Waals surface area contributed by atoms with E-state index in [2.05, 4.69) is 14.9 Å². The van der Waals surface area contributed by atoms with E-state index in [1.54, 1.807) is 29.3 Å². The predicted molar refractivity (Wildman–Crippen MR) is 109 cm³/mol. The molecule has 1 amide bonds. The Balaban J connectivity index is 1.47. The van der Waals surface area contributed by atoms with Crippen LogP contribution in [0.2, 0.25) is 0 Å². The summed E-state index contributed by atoms with van der Waals surface area (Å²) in [7, 11) is 0. The van der Waals surface area contributed by atoms with Crippen LogP contribution in [-0.2, 0) is 6.54 Å². The molecule has 3 heterocycles. The summed E-state index contributed by atoms with van der Waals surface area (Å²) in [6.07, 6.45) is 9.24. The number of hydrogen-bond acceptors (Lipinski definition) is 5. The quantitative estimate of drug-likeness (QED) is 0.833. The molecule has 0 unspecified atom stereocenters. The molecule has 2 aromatic rings. The van der Waals surface area contributed by atoms with Crippen LogP contribution in [0.25, 0.3) is 0 Å². The monoisotopic (exact) mass is 397 g/mol. The first kappa shape index (κ1) is 19.6. The molecule has 8 nitrogen and oxygen atoms in total. The number of carbonyl (C=O) groups is 1. The molecule has 1 saturated carbocycles. The second kappa shape index (κ2) is 8.73. The van der Waals surface area contributed by atoms with Crippen molar-refractivity contribution in [2.75, 3.05) is 26.2 Å². The number of carbonyl (C=O) groups excluding carboxylic acids is 1. The van der Waals surface area contributed by atoms with Crippen molar-refractivity contribution in [2.45, 2.75) is 44.7 Å². The second-order valence-electron chi connectivity index (χ2n) is 7.84. The molecule has 2 aromatic heterocycles. The topological polar surface area (TPSA) is 91.3 Å². The predicted octanol–water partition coefficient (Wildman–Crippen LogP) is 1.07. The summed E-state index contributed by atoms with van der Waals surface area (Å²) in [6, 6.07) is 5.93. The first-order valence-electron chi connectivity index (χ1n) is 10.4. The summed E-state index contributed by atoms with van der Waals surface area (Å²) in [5.74, 6) is -0.315. The number of aromatic amines is 1. The molecule has 4 rings (SSSR count). The lowest BCUT2D eigenvalue weighted by molar-refractivity contribution is 0.0520. The maximum Gasteiger partial charge on any atom is 0.328 e. The van der Waals surface area contributed by atoms with Crippen molar-refractivity contribution in [2.24, 2.45) is 0 Å². The van der Waals surface area contributed by atoms with Gasteiger partial charge < -0.3 is 9.88 Å². The van der Waals surface area contributed by atoms with Gasteiger partial charge in [-0.2, -0.15) is 0 Å². The molecule has 154 valence electrons. The second-order valence-corrected chi connectivity index (χ2v) is 7.84. The number of aromatic nitrogens is 3. The minimum atomic E-state index is -0.570. The van der Waals surface area contributed by atoms with Crippen molar-refractivity contribution < 1.29 is 4.79 Å². The number of rotatable bonds is 4. The summed E-state index contributed by atoms with van der Waals surface area (Å²) in [5.41, 5.74) is -0.518. The van der Waals surface area contributed by atoms with Gasteiger partial charge >= 0.3 is 5.69 Å². The number of nitrogens with one attached hydrogen (secondary N) is 1. The fourth-order valence-corrected chi connectivity index (χ4v) is 4.37. The van der Waals surface area contributed by atoms with E-state index in [9.17, 15) is 14.4 Å². The van der Waals surface area contributed by atoms with Crippen LogP contribution in [0.3, 0.4) is 0 Å². The molecule has 1 N–H and O–H groups in total. The zero-order chi connectivity index (χ0) is 20.2. The maximum absolute atomic E-state index is 13.0. The third kappa shape index (κ3) is 4.32. The van der Waals surface area contributed by atoms with Crippen molar-refractivity contribution >= 4 is 5.91 Å². The number of pyridine rings is 1. The molecule has 2 aliphatic rings. The van der Waals surface area contributed by atoms with Crippen LogP contribution in [-0.4, -0.2) is 62.5 Å². The summed E-state index contributed by atoms with van der Waals surface area (Å²) in [4.78, 5) is 48.9. The Kier molecular flexibility index (Phi) is 5.89. The highest BCUT2D eigenvalue weighted by atomic mass is 16.2.